The van der Waals surface area contributed by atoms with Crippen LogP contribution in [0.5, 0.6) is 0 Å². The molecule has 0 saturated carbocycles. The van der Waals surface area contributed by atoms with Gasteiger partial charge < -0.3 is 4.42 Å². The van der Waals surface area contributed by atoms with Gasteiger partial charge in [0.05, 0.1) is 15.3 Å². The molecule has 1 amide bonds. The second-order valence-corrected chi connectivity index (χ2v) is 9.84. The summed E-state index contributed by atoms with van der Waals surface area (Å²) in [5, 5.41) is 0. The van der Waals surface area contributed by atoms with E-state index in [1.54, 1.807) is 12.1 Å². The minimum Gasteiger partial charge on any atom is -0.414 e. The Morgan fingerprint density at radius 3 is 2.45 bits per heavy atom. The van der Waals surface area contributed by atoms with Crippen molar-refractivity contribution in [3.63, 3.8) is 0 Å². The highest BCUT2D eigenvalue weighted by Gasteiger charge is 2.31. The molecule has 1 heterocycles. The van der Waals surface area contributed by atoms with Gasteiger partial charge in [-0.15, -0.1) is 0 Å². The topological polar surface area (TPSA) is 84.7 Å². The molecule has 0 aliphatic heterocycles. The first-order valence-electron chi connectivity index (χ1n) is 9.46. The lowest BCUT2D eigenvalue weighted by atomic mass is 10.0. The fraction of sp³-hybridized carbons (Fsp3) is 0.333. The zero-order valence-corrected chi connectivity index (χ0v) is 18.2. The van der Waals surface area contributed by atoms with Crippen molar-refractivity contribution in [3.05, 3.63) is 57.8 Å². The van der Waals surface area contributed by atoms with Gasteiger partial charge in [-0.2, -0.15) is 0 Å². The van der Waals surface area contributed by atoms with E-state index in [-0.39, 0.29) is 22.9 Å². The number of benzene rings is 2. The van der Waals surface area contributed by atoms with E-state index in [9.17, 15) is 18.0 Å². The minimum atomic E-state index is -4.11. The Morgan fingerprint density at radius 1 is 1.14 bits per heavy atom. The molecule has 0 radical (unpaired) electrons. The van der Waals surface area contributed by atoms with Crippen LogP contribution in [0, 0.1) is 0 Å². The highest BCUT2D eigenvalue weighted by molar-refractivity contribution is 7.93. The van der Waals surface area contributed by atoms with Gasteiger partial charge in [0.2, 0.25) is 5.91 Å². The lowest BCUT2D eigenvalue weighted by molar-refractivity contribution is -0.117. The largest absolute Gasteiger partial charge is 0.414 e. The summed E-state index contributed by atoms with van der Waals surface area (Å²) in [6.07, 6.45) is 1.46. The summed E-state index contributed by atoms with van der Waals surface area (Å²) in [5.41, 5.74) is 1.57. The van der Waals surface area contributed by atoms with Crippen LogP contribution in [-0.4, -0.2) is 14.3 Å². The Labute approximate surface area is 173 Å². The summed E-state index contributed by atoms with van der Waals surface area (Å²) >= 11 is 0.870. The summed E-state index contributed by atoms with van der Waals surface area (Å²) in [6.45, 7) is 5.98. The number of anilines is 1. The number of fused-ring (bicyclic) bond motifs is 1. The fourth-order valence-corrected chi connectivity index (χ4v) is 5.11. The Hall–Kier alpha value is -2.45. The van der Waals surface area contributed by atoms with Crippen molar-refractivity contribution >= 4 is 43.2 Å². The summed E-state index contributed by atoms with van der Waals surface area (Å²) in [6, 6.07) is 11.1. The van der Waals surface area contributed by atoms with Crippen LogP contribution < -0.4 is 9.24 Å². The fourth-order valence-electron chi connectivity index (χ4n) is 2.96. The number of nitrogens with zero attached hydrogens (tertiary/aromatic N) is 1. The second-order valence-electron chi connectivity index (χ2n) is 7.08. The molecule has 0 aliphatic rings. The lowest BCUT2D eigenvalue weighted by Crippen LogP contribution is -2.36. The van der Waals surface area contributed by atoms with Gasteiger partial charge in [0.1, 0.15) is 5.58 Å². The standard InChI is InChI=1S/C21H23NO5S2/c1-4-5-6-20(23)22(16-9-12-18-19(13-16)28-21(24)27-18)29(25,26)17-10-7-15(8-11-17)14(2)3/h7-14H,4-6H2,1-3H3. The Morgan fingerprint density at radius 2 is 1.83 bits per heavy atom. The second kappa shape index (κ2) is 8.51. The Balaban J connectivity index is 2.10. The summed E-state index contributed by atoms with van der Waals surface area (Å²) < 4.78 is 33.1. The molecule has 2 aromatic carbocycles. The van der Waals surface area contributed by atoms with Crippen molar-refractivity contribution in [2.24, 2.45) is 0 Å². The molecule has 0 fully saturated rings. The third kappa shape index (κ3) is 4.43. The number of sulfonamides is 1. The van der Waals surface area contributed by atoms with E-state index in [2.05, 4.69) is 0 Å². The first-order chi connectivity index (χ1) is 13.7. The van der Waals surface area contributed by atoms with E-state index in [1.807, 2.05) is 20.8 Å². The van der Waals surface area contributed by atoms with Gasteiger partial charge in [0.15, 0.2) is 0 Å². The molecule has 0 aliphatic carbocycles. The number of amides is 1. The zero-order chi connectivity index (χ0) is 21.2. The van der Waals surface area contributed by atoms with E-state index >= 15 is 0 Å². The van der Waals surface area contributed by atoms with E-state index in [0.29, 0.717) is 16.7 Å². The average Bonchev–Trinajstić information content (AvgIpc) is 3.05. The summed E-state index contributed by atoms with van der Waals surface area (Å²) in [7, 11) is -4.11. The van der Waals surface area contributed by atoms with Crippen LogP contribution in [-0.2, 0) is 14.8 Å². The van der Waals surface area contributed by atoms with Crippen LogP contribution in [0.4, 0.5) is 5.69 Å². The highest BCUT2D eigenvalue weighted by Crippen LogP contribution is 2.30. The molecule has 0 N–H and O–H groups in total. The smallest absolute Gasteiger partial charge is 0.396 e. The zero-order valence-electron chi connectivity index (χ0n) is 16.5. The van der Waals surface area contributed by atoms with E-state index in [1.165, 1.54) is 30.3 Å². The molecular weight excluding hydrogens is 410 g/mol. The Kier molecular flexibility index (Phi) is 6.24. The molecule has 154 valence electrons. The number of carbonyl (C=O) groups excluding carboxylic acids is 1. The SMILES string of the molecule is CCCCC(=O)N(c1ccc2oc(=O)sc2c1)S(=O)(=O)c1ccc(C(C)C)cc1. The molecule has 8 heteroatoms. The third-order valence-corrected chi connectivity index (χ3v) is 7.16. The predicted molar refractivity (Wildman–Crippen MR) is 115 cm³/mol. The van der Waals surface area contributed by atoms with E-state index in [0.717, 1.165) is 27.6 Å². The van der Waals surface area contributed by atoms with Gasteiger partial charge in [-0.05, 0) is 48.2 Å². The first kappa shape index (κ1) is 21.3. The summed E-state index contributed by atoms with van der Waals surface area (Å²) in [4.78, 5) is 24.0. The van der Waals surface area contributed by atoms with Gasteiger partial charge in [-0.3, -0.25) is 4.79 Å². The molecule has 3 aromatic rings. The molecule has 0 spiro atoms. The van der Waals surface area contributed by atoms with E-state index in [4.69, 9.17) is 4.42 Å². The first-order valence-corrected chi connectivity index (χ1v) is 11.7. The monoisotopic (exact) mass is 433 g/mol. The molecule has 0 unspecified atom stereocenters. The Bertz CT molecular complexity index is 1170. The van der Waals surface area contributed by atoms with Crippen molar-refractivity contribution in [1.29, 1.82) is 0 Å². The number of carbonyl (C=O) groups is 1. The van der Waals surface area contributed by atoms with Crippen molar-refractivity contribution in [2.45, 2.75) is 50.8 Å². The lowest BCUT2D eigenvalue weighted by Gasteiger charge is -2.23. The van der Waals surface area contributed by atoms with Gasteiger partial charge in [0.25, 0.3) is 10.0 Å². The maximum atomic E-state index is 13.4. The van der Waals surface area contributed by atoms with Gasteiger partial charge >= 0.3 is 4.94 Å². The van der Waals surface area contributed by atoms with Crippen LogP contribution in [0.15, 0.2) is 56.6 Å². The van der Waals surface area contributed by atoms with Gasteiger partial charge in [-0.1, -0.05) is 50.7 Å². The molecule has 29 heavy (non-hydrogen) atoms. The van der Waals surface area contributed by atoms with Gasteiger partial charge in [-0.25, -0.2) is 17.5 Å². The van der Waals surface area contributed by atoms with Crippen molar-refractivity contribution in [2.75, 3.05) is 4.31 Å². The number of hydrogen-bond acceptors (Lipinski definition) is 6. The third-order valence-electron chi connectivity index (χ3n) is 4.60. The molecule has 0 atom stereocenters. The van der Waals surface area contributed by atoms with Crippen molar-refractivity contribution in [3.8, 4) is 0 Å². The summed E-state index contributed by atoms with van der Waals surface area (Å²) in [5.74, 6) is -0.240. The quantitative estimate of drug-likeness (QED) is 0.530. The molecular formula is C21H23NO5S2. The average molecular weight is 434 g/mol. The van der Waals surface area contributed by atoms with Crippen LogP contribution in [0.1, 0.15) is 51.5 Å². The van der Waals surface area contributed by atoms with E-state index < -0.39 is 20.9 Å². The molecule has 1 aromatic heterocycles. The van der Waals surface area contributed by atoms with Crippen molar-refractivity contribution in [1.82, 2.24) is 0 Å². The van der Waals surface area contributed by atoms with Crippen molar-refractivity contribution < 1.29 is 17.6 Å². The number of hydrogen-bond donors (Lipinski definition) is 0. The molecule has 6 nitrogen and oxygen atoms in total. The minimum absolute atomic E-state index is 0.0484. The normalized spacial score (nSPS) is 11.9. The van der Waals surface area contributed by atoms with Crippen LogP contribution in [0.3, 0.4) is 0 Å². The predicted octanol–water partition coefficient (Wildman–Crippen LogP) is 4.89. The van der Waals surface area contributed by atoms with Crippen LogP contribution in [0.2, 0.25) is 0 Å². The van der Waals surface area contributed by atoms with Crippen LogP contribution >= 0.6 is 11.3 Å². The highest BCUT2D eigenvalue weighted by atomic mass is 32.2. The molecule has 0 bridgehead atoms. The maximum Gasteiger partial charge on any atom is 0.396 e. The molecule has 0 saturated heterocycles. The number of unbranched alkanes of at least 4 members (excludes halogenated alkanes) is 1. The molecule has 3 rings (SSSR count). The maximum absolute atomic E-state index is 13.4. The van der Waals surface area contributed by atoms with Gasteiger partial charge in [0, 0.05) is 6.42 Å². The van der Waals surface area contributed by atoms with Crippen LogP contribution in [0.25, 0.3) is 10.3 Å². The number of rotatable bonds is 7.